The van der Waals surface area contributed by atoms with Gasteiger partial charge in [-0.25, -0.2) is 0 Å². The van der Waals surface area contributed by atoms with Gasteiger partial charge in [0.15, 0.2) is 12.4 Å². The number of nitrogens with one attached hydrogen (secondary N) is 1. The lowest BCUT2D eigenvalue weighted by Crippen LogP contribution is -2.59. The zero-order chi connectivity index (χ0) is 19.9. The molecule has 0 radical (unpaired) electrons. The average Bonchev–Trinajstić information content (AvgIpc) is 2.64. The molecule has 1 aliphatic heterocycles. The van der Waals surface area contributed by atoms with Crippen LogP contribution >= 0.6 is 0 Å². The molecular weight excluding hydrogens is 354 g/mol. The molecular formula is C15H29NO10. The molecule has 1 fully saturated rings. The summed E-state index contributed by atoms with van der Waals surface area (Å²) in [7, 11) is 0. The van der Waals surface area contributed by atoms with Gasteiger partial charge >= 0.3 is 0 Å². The van der Waals surface area contributed by atoms with Gasteiger partial charge in [0.1, 0.15) is 36.6 Å². The largest absolute Gasteiger partial charge is 0.394 e. The van der Waals surface area contributed by atoms with E-state index in [4.69, 9.17) is 14.6 Å². The number of hydrogen-bond acceptors (Lipinski definition) is 10. The topological polar surface area (TPSA) is 189 Å². The quantitative estimate of drug-likeness (QED) is 0.172. The van der Waals surface area contributed by atoms with Crippen molar-refractivity contribution in [3.63, 3.8) is 0 Å². The number of hydrogen-bond donors (Lipinski definition) is 8. The summed E-state index contributed by atoms with van der Waals surface area (Å²) < 4.78 is 10.1. The fourth-order valence-corrected chi connectivity index (χ4v) is 2.36. The Morgan fingerprint density at radius 3 is 2.38 bits per heavy atom. The van der Waals surface area contributed by atoms with Crippen LogP contribution in [0.1, 0.15) is 19.8 Å². The Morgan fingerprint density at radius 1 is 1.15 bits per heavy atom. The standard InChI is InChI=1S/C15H29NO10/c1-2-3-4-16-14(24)12(22)9(19)7(18)6-25-15-13(23)11(21)10(20)8(5-17)26-15/h7-13,15,17-23H,2-6H2,1H3,(H,16,24). The summed E-state index contributed by atoms with van der Waals surface area (Å²) in [6.07, 6.45) is -11.5. The highest BCUT2D eigenvalue weighted by atomic mass is 16.7. The first-order chi connectivity index (χ1) is 12.2. The van der Waals surface area contributed by atoms with Gasteiger partial charge in [0.05, 0.1) is 13.2 Å². The van der Waals surface area contributed by atoms with E-state index in [-0.39, 0.29) is 0 Å². The second-order valence-corrected chi connectivity index (χ2v) is 6.18. The third-order valence-corrected chi connectivity index (χ3v) is 4.10. The maximum atomic E-state index is 11.7. The van der Waals surface area contributed by atoms with E-state index in [0.717, 1.165) is 6.42 Å². The van der Waals surface area contributed by atoms with Crippen LogP contribution in [0.25, 0.3) is 0 Å². The van der Waals surface area contributed by atoms with Crippen molar-refractivity contribution in [2.45, 2.75) is 68.8 Å². The third kappa shape index (κ3) is 6.08. The summed E-state index contributed by atoms with van der Waals surface area (Å²) in [6, 6.07) is 0. The first-order valence-corrected chi connectivity index (χ1v) is 8.48. The summed E-state index contributed by atoms with van der Waals surface area (Å²) in [5, 5.41) is 70.0. The number of amides is 1. The Hall–Kier alpha value is -0.890. The number of ether oxygens (including phenoxy) is 2. The van der Waals surface area contributed by atoms with Crippen molar-refractivity contribution in [3.8, 4) is 0 Å². The smallest absolute Gasteiger partial charge is 0.251 e. The van der Waals surface area contributed by atoms with Crippen molar-refractivity contribution >= 4 is 5.91 Å². The Labute approximate surface area is 150 Å². The van der Waals surface area contributed by atoms with Gasteiger partial charge in [-0.1, -0.05) is 13.3 Å². The second kappa shape index (κ2) is 11.1. The fraction of sp³-hybridized carbons (Fsp3) is 0.933. The van der Waals surface area contributed by atoms with Crippen molar-refractivity contribution in [1.82, 2.24) is 5.32 Å². The van der Waals surface area contributed by atoms with Gasteiger partial charge in [0, 0.05) is 6.54 Å². The van der Waals surface area contributed by atoms with Gasteiger partial charge in [-0.2, -0.15) is 0 Å². The van der Waals surface area contributed by atoms with Gasteiger partial charge < -0.3 is 50.5 Å². The molecule has 8 N–H and O–H groups in total. The van der Waals surface area contributed by atoms with Gasteiger partial charge in [-0.3, -0.25) is 4.79 Å². The van der Waals surface area contributed by atoms with Crippen LogP contribution in [0, 0.1) is 0 Å². The number of aliphatic hydroxyl groups is 7. The van der Waals surface area contributed by atoms with E-state index < -0.39 is 68.1 Å². The van der Waals surface area contributed by atoms with Crippen molar-refractivity contribution in [3.05, 3.63) is 0 Å². The van der Waals surface area contributed by atoms with Crippen LogP contribution in [-0.4, -0.2) is 110 Å². The maximum Gasteiger partial charge on any atom is 0.251 e. The molecule has 0 aromatic heterocycles. The molecule has 8 unspecified atom stereocenters. The van der Waals surface area contributed by atoms with Crippen LogP contribution < -0.4 is 5.32 Å². The monoisotopic (exact) mass is 383 g/mol. The third-order valence-electron chi connectivity index (χ3n) is 4.10. The van der Waals surface area contributed by atoms with Gasteiger partial charge in [0.2, 0.25) is 0 Å². The van der Waals surface area contributed by atoms with E-state index in [1.165, 1.54) is 0 Å². The number of unbranched alkanes of at least 4 members (excludes halogenated alkanes) is 1. The molecule has 0 aromatic carbocycles. The molecule has 1 heterocycles. The van der Waals surface area contributed by atoms with E-state index in [1.54, 1.807) is 0 Å². The molecule has 1 saturated heterocycles. The van der Waals surface area contributed by atoms with Crippen LogP contribution in [-0.2, 0) is 14.3 Å². The molecule has 8 atom stereocenters. The van der Waals surface area contributed by atoms with Crippen molar-refractivity contribution in [2.24, 2.45) is 0 Å². The highest BCUT2D eigenvalue weighted by molar-refractivity contribution is 5.81. The van der Waals surface area contributed by atoms with Crippen LogP contribution in [0.4, 0.5) is 0 Å². The Morgan fingerprint density at radius 2 is 1.81 bits per heavy atom. The normalized spacial score (nSPS) is 32.7. The first-order valence-electron chi connectivity index (χ1n) is 8.48. The number of rotatable bonds is 10. The molecule has 0 aromatic rings. The molecule has 154 valence electrons. The van der Waals surface area contributed by atoms with Crippen LogP contribution in [0.3, 0.4) is 0 Å². The molecule has 0 saturated carbocycles. The SMILES string of the molecule is CCCCNC(=O)C(O)C(O)C(O)COC1OC(CO)C(O)C(O)C1O. The van der Waals surface area contributed by atoms with E-state index in [9.17, 15) is 35.4 Å². The lowest BCUT2D eigenvalue weighted by Gasteiger charge is -2.40. The molecule has 0 bridgehead atoms. The van der Waals surface area contributed by atoms with Crippen molar-refractivity contribution in [1.29, 1.82) is 0 Å². The highest BCUT2D eigenvalue weighted by Gasteiger charge is 2.44. The summed E-state index contributed by atoms with van der Waals surface area (Å²) in [4.78, 5) is 11.7. The summed E-state index contributed by atoms with van der Waals surface area (Å²) in [5.41, 5.74) is 0. The number of aliphatic hydroxyl groups excluding tert-OH is 7. The zero-order valence-corrected chi connectivity index (χ0v) is 14.5. The fourth-order valence-electron chi connectivity index (χ4n) is 2.36. The Bertz CT molecular complexity index is 423. The van der Waals surface area contributed by atoms with Gasteiger partial charge in [-0.05, 0) is 6.42 Å². The van der Waals surface area contributed by atoms with Gasteiger partial charge in [-0.15, -0.1) is 0 Å². The lowest BCUT2D eigenvalue weighted by molar-refractivity contribution is -0.306. The van der Waals surface area contributed by atoms with E-state index in [0.29, 0.717) is 13.0 Å². The van der Waals surface area contributed by atoms with Crippen LogP contribution in [0.15, 0.2) is 0 Å². The first kappa shape index (κ1) is 23.1. The van der Waals surface area contributed by atoms with Crippen LogP contribution in [0.5, 0.6) is 0 Å². The van der Waals surface area contributed by atoms with E-state index in [1.807, 2.05) is 6.92 Å². The molecule has 1 aliphatic rings. The van der Waals surface area contributed by atoms with Gasteiger partial charge in [0.25, 0.3) is 5.91 Å². The lowest BCUT2D eigenvalue weighted by atomic mass is 9.99. The van der Waals surface area contributed by atoms with E-state index >= 15 is 0 Å². The predicted molar refractivity (Wildman–Crippen MR) is 85.7 cm³/mol. The molecule has 1 amide bonds. The summed E-state index contributed by atoms with van der Waals surface area (Å²) in [6.45, 7) is 0.934. The molecule has 11 nitrogen and oxygen atoms in total. The minimum atomic E-state index is -1.89. The Kier molecular flexibility index (Phi) is 9.85. The number of carbonyl (C=O) groups is 1. The van der Waals surface area contributed by atoms with E-state index in [2.05, 4.69) is 5.32 Å². The van der Waals surface area contributed by atoms with Crippen molar-refractivity contribution < 1.29 is 50.0 Å². The van der Waals surface area contributed by atoms with Crippen molar-refractivity contribution in [2.75, 3.05) is 19.8 Å². The summed E-state index contributed by atoms with van der Waals surface area (Å²) >= 11 is 0. The predicted octanol–water partition coefficient (Wildman–Crippen LogP) is -4.20. The Balaban J connectivity index is 2.51. The molecule has 11 heteroatoms. The molecule has 1 rings (SSSR count). The minimum Gasteiger partial charge on any atom is -0.394 e. The molecule has 26 heavy (non-hydrogen) atoms. The second-order valence-electron chi connectivity index (χ2n) is 6.18. The average molecular weight is 383 g/mol. The highest BCUT2D eigenvalue weighted by Crippen LogP contribution is 2.22. The van der Waals surface area contributed by atoms with Crippen LogP contribution in [0.2, 0.25) is 0 Å². The maximum absolute atomic E-state index is 11.7. The minimum absolute atomic E-state index is 0.316. The molecule has 0 aliphatic carbocycles. The summed E-state index contributed by atoms with van der Waals surface area (Å²) in [5.74, 6) is -0.849. The number of carbonyl (C=O) groups excluding carboxylic acids is 1. The molecule has 0 spiro atoms. The zero-order valence-electron chi connectivity index (χ0n) is 14.5.